The minimum absolute atomic E-state index is 0.0368. The first-order chi connectivity index (χ1) is 8.63. The maximum Gasteiger partial charge on any atom is 0.254 e. The van der Waals surface area contributed by atoms with Crippen LogP contribution in [-0.2, 0) is 0 Å². The second-order valence-electron chi connectivity index (χ2n) is 4.64. The van der Waals surface area contributed by atoms with Crippen LogP contribution in [0.3, 0.4) is 0 Å². The van der Waals surface area contributed by atoms with Crippen molar-refractivity contribution < 1.29 is 9.90 Å². The van der Waals surface area contributed by atoms with Crippen molar-refractivity contribution in [3.05, 3.63) is 29.3 Å². The molecule has 2 rings (SSSR count). The van der Waals surface area contributed by atoms with Gasteiger partial charge < -0.3 is 10.0 Å². The third-order valence-corrected chi connectivity index (χ3v) is 3.15. The largest absolute Gasteiger partial charge is 0.508 e. The molecule has 1 aromatic carbocycles. The summed E-state index contributed by atoms with van der Waals surface area (Å²) in [6, 6.07) is 7.12. The van der Waals surface area contributed by atoms with Crippen LogP contribution in [0.2, 0.25) is 0 Å². The summed E-state index contributed by atoms with van der Waals surface area (Å²) < 4.78 is 0. The Morgan fingerprint density at radius 1 is 1.56 bits per heavy atom. The molecule has 0 unspecified atom stereocenters. The maximum absolute atomic E-state index is 12.4. The number of aromatic hydroxyl groups is 1. The summed E-state index contributed by atoms with van der Waals surface area (Å²) in [7, 11) is 0. The van der Waals surface area contributed by atoms with E-state index in [1.807, 2.05) is 6.92 Å². The molecule has 0 spiro atoms. The first kappa shape index (κ1) is 12.4. The van der Waals surface area contributed by atoms with E-state index in [1.54, 1.807) is 17.0 Å². The average molecular weight is 244 g/mol. The van der Waals surface area contributed by atoms with Crippen LogP contribution in [0.15, 0.2) is 18.2 Å². The van der Waals surface area contributed by atoms with Crippen molar-refractivity contribution in [3.63, 3.8) is 0 Å². The minimum atomic E-state index is -0.0368. The fourth-order valence-electron chi connectivity index (χ4n) is 2.05. The molecular weight excluding hydrogens is 228 g/mol. The molecule has 0 bridgehead atoms. The van der Waals surface area contributed by atoms with Crippen molar-refractivity contribution in [3.8, 4) is 11.8 Å². The molecule has 94 valence electrons. The van der Waals surface area contributed by atoms with Crippen LogP contribution in [0, 0.1) is 18.3 Å². The summed E-state index contributed by atoms with van der Waals surface area (Å²) in [5.41, 5.74) is 1.38. The van der Waals surface area contributed by atoms with Crippen LogP contribution in [0.4, 0.5) is 0 Å². The van der Waals surface area contributed by atoms with Crippen LogP contribution in [0.5, 0.6) is 5.75 Å². The van der Waals surface area contributed by atoms with Gasteiger partial charge >= 0.3 is 0 Å². The van der Waals surface area contributed by atoms with E-state index < -0.39 is 0 Å². The summed E-state index contributed by atoms with van der Waals surface area (Å²) in [5.74, 6) is 0.129. The number of hydrogen-bond acceptors (Lipinski definition) is 3. The molecule has 0 aromatic heterocycles. The molecule has 0 atom stereocenters. The minimum Gasteiger partial charge on any atom is -0.508 e. The van der Waals surface area contributed by atoms with Gasteiger partial charge in [-0.1, -0.05) is 0 Å². The van der Waals surface area contributed by atoms with Gasteiger partial charge in [-0.2, -0.15) is 5.26 Å². The first-order valence-electron chi connectivity index (χ1n) is 6.11. The van der Waals surface area contributed by atoms with Crippen LogP contribution in [-0.4, -0.2) is 28.5 Å². The molecule has 1 fully saturated rings. The number of carbonyl (C=O) groups excluding carboxylic acids is 1. The van der Waals surface area contributed by atoms with Gasteiger partial charge in [0, 0.05) is 18.2 Å². The predicted molar refractivity (Wildman–Crippen MR) is 67.1 cm³/mol. The molecular formula is C14H16N2O2. The summed E-state index contributed by atoms with van der Waals surface area (Å²) in [6.45, 7) is 2.29. The number of carbonyl (C=O) groups is 1. The normalized spacial score (nSPS) is 14.0. The van der Waals surface area contributed by atoms with Gasteiger partial charge in [0.25, 0.3) is 5.91 Å². The number of hydrogen-bond donors (Lipinski definition) is 1. The summed E-state index contributed by atoms with van der Waals surface area (Å²) in [5, 5.41) is 18.0. The lowest BCUT2D eigenvalue weighted by Crippen LogP contribution is -2.34. The van der Waals surface area contributed by atoms with Crippen LogP contribution >= 0.6 is 0 Å². The number of nitrogens with zero attached hydrogens (tertiary/aromatic N) is 2. The van der Waals surface area contributed by atoms with Crippen LogP contribution in [0.1, 0.15) is 35.2 Å². The number of amides is 1. The molecule has 0 saturated heterocycles. The molecule has 1 saturated carbocycles. The Kier molecular flexibility index (Phi) is 3.52. The van der Waals surface area contributed by atoms with Gasteiger partial charge in [0.1, 0.15) is 5.75 Å². The van der Waals surface area contributed by atoms with Crippen LogP contribution in [0.25, 0.3) is 0 Å². The van der Waals surface area contributed by atoms with Gasteiger partial charge in [-0.05, 0) is 43.5 Å². The fraction of sp³-hybridized carbons (Fsp3) is 0.429. The van der Waals surface area contributed by atoms with Crippen molar-refractivity contribution in [2.75, 3.05) is 6.54 Å². The maximum atomic E-state index is 12.4. The zero-order chi connectivity index (χ0) is 13.1. The van der Waals surface area contributed by atoms with Gasteiger partial charge in [0.15, 0.2) is 0 Å². The van der Waals surface area contributed by atoms with E-state index in [1.165, 1.54) is 6.07 Å². The van der Waals surface area contributed by atoms with Crippen LogP contribution < -0.4 is 0 Å². The smallest absolute Gasteiger partial charge is 0.254 e. The number of phenols is 1. The fourth-order valence-corrected chi connectivity index (χ4v) is 2.05. The quantitative estimate of drug-likeness (QED) is 0.883. The molecule has 4 nitrogen and oxygen atoms in total. The number of nitriles is 1. The topological polar surface area (TPSA) is 64.3 Å². The highest BCUT2D eigenvalue weighted by atomic mass is 16.3. The molecule has 1 N–H and O–H groups in total. The molecule has 1 aromatic rings. The van der Waals surface area contributed by atoms with E-state index in [9.17, 15) is 9.90 Å². The highest BCUT2D eigenvalue weighted by Gasteiger charge is 2.33. The Hall–Kier alpha value is -2.02. The Bertz CT molecular complexity index is 501. The first-order valence-corrected chi connectivity index (χ1v) is 6.11. The number of rotatable bonds is 4. The summed E-state index contributed by atoms with van der Waals surface area (Å²) in [4.78, 5) is 14.2. The molecule has 1 amide bonds. The van der Waals surface area contributed by atoms with Gasteiger partial charge in [-0.15, -0.1) is 0 Å². The molecule has 0 radical (unpaired) electrons. The standard InChI is InChI=1S/C14H16N2O2/c1-10-9-12(17)5-6-13(10)14(18)16(8-2-7-15)11-3-4-11/h5-6,9,11,17H,2-4,8H2,1H3. The van der Waals surface area contributed by atoms with E-state index in [2.05, 4.69) is 6.07 Å². The molecule has 1 aliphatic rings. The van der Waals surface area contributed by atoms with E-state index in [0.717, 1.165) is 18.4 Å². The van der Waals surface area contributed by atoms with Gasteiger partial charge in [-0.3, -0.25) is 4.79 Å². The van der Waals surface area contributed by atoms with E-state index >= 15 is 0 Å². The van der Waals surface area contributed by atoms with Crippen molar-refractivity contribution in [2.45, 2.75) is 32.2 Å². The molecule has 1 aliphatic carbocycles. The Morgan fingerprint density at radius 2 is 2.28 bits per heavy atom. The third-order valence-electron chi connectivity index (χ3n) is 3.15. The number of aryl methyl sites for hydroxylation is 1. The van der Waals surface area contributed by atoms with E-state index in [-0.39, 0.29) is 11.7 Å². The Balaban J connectivity index is 2.19. The Morgan fingerprint density at radius 3 is 2.83 bits per heavy atom. The zero-order valence-electron chi connectivity index (χ0n) is 10.4. The van der Waals surface area contributed by atoms with Crippen molar-refractivity contribution in [1.29, 1.82) is 5.26 Å². The highest BCUT2D eigenvalue weighted by Crippen LogP contribution is 2.29. The second kappa shape index (κ2) is 5.09. The van der Waals surface area contributed by atoms with Gasteiger partial charge in [0.05, 0.1) is 12.5 Å². The number of phenolic OH excluding ortho intramolecular Hbond substituents is 1. The van der Waals surface area contributed by atoms with Crippen molar-refractivity contribution >= 4 is 5.91 Å². The van der Waals surface area contributed by atoms with Gasteiger partial charge in [0.2, 0.25) is 0 Å². The van der Waals surface area contributed by atoms with Crippen molar-refractivity contribution in [2.24, 2.45) is 0 Å². The molecule has 4 heteroatoms. The summed E-state index contributed by atoms with van der Waals surface area (Å²) >= 11 is 0. The SMILES string of the molecule is Cc1cc(O)ccc1C(=O)N(CCC#N)C1CC1. The average Bonchev–Trinajstić information content (AvgIpc) is 3.13. The predicted octanol–water partition coefficient (Wildman–Crippen LogP) is 2.22. The lowest BCUT2D eigenvalue weighted by molar-refractivity contribution is 0.0746. The number of benzene rings is 1. The third kappa shape index (κ3) is 2.62. The monoisotopic (exact) mass is 244 g/mol. The Labute approximate surface area is 106 Å². The molecule has 0 aliphatic heterocycles. The second-order valence-corrected chi connectivity index (χ2v) is 4.64. The lowest BCUT2D eigenvalue weighted by atomic mass is 10.1. The summed E-state index contributed by atoms with van der Waals surface area (Å²) in [6.07, 6.45) is 2.40. The molecule has 18 heavy (non-hydrogen) atoms. The van der Waals surface area contributed by atoms with E-state index in [0.29, 0.717) is 24.6 Å². The highest BCUT2D eigenvalue weighted by molar-refractivity contribution is 5.96. The van der Waals surface area contributed by atoms with E-state index in [4.69, 9.17) is 5.26 Å². The molecule has 0 heterocycles. The van der Waals surface area contributed by atoms with Crippen molar-refractivity contribution in [1.82, 2.24) is 4.90 Å². The van der Waals surface area contributed by atoms with Gasteiger partial charge in [-0.25, -0.2) is 0 Å². The zero-order valence-corrected chi connectivity index (χ0v) is 10.4. The lowest BCUT2D eigenvalue weighted by Gasteiger charge is -2.22.